The molecular weight excluding hydrogens is 310 g/mol. The molecule has 24 heavy (non-hydrogen) atoms. The second-order valence-corrected chi connectivity index (χ2v) is 5.71. The van der Waals surface area contributed by atoms with Gasteiger partial charge in [0.2, 0.25) is 5.91 Å². The number of ether oxygens (including phenoxy) is 1. The summed E-state index contributed by atoms with van der Waals surface area (Å²) in [6.45, 7) is 5.67. The van der Waals surface area contributed by atoms with Gasteiger partial charge in [-0.2, -0.15) is 5.10 Å². The van der Waals surface area contributed by atoms with Gasteiger partial charge < -0.3 is 10.1 Å². The van der Waals surface area contributed by atoms with Crippen molar-refractivity contribution in [3.05, 3.63) is 40.3 Å². The summed E-state index contributed by atoms with van der Waals surface area (Å²) in [7, 11) is 0. The number of rotatable bonds is 6. The zero-order valence-electron chi connectivity index (χ0n) is 14.0. The fraction of sp³-hybridized carbons (Fsp3) is 0.412. The fourth-order valence-corrected chi connectivity index (χ4v) is 2.28. The normalized spacial score (nSPS) is 10.8. The molecule has 128 valence electrons. The standard InChI is InChI=1S/C17H21N3O4/c1-11(2)20-16(22)14-8-5-4-7-13(14)15(19-20)17(23)24-10-6-9-18-12(3)21/h4-5,7-8,11H,6,9-10H2,1-3H3,(H,18,21). The van der Waals surface area contributed by atoms with Crippen molar-refractivity contribution in [2.45, 2.75) is 33.2 Å². The summed E-state index contributed by atoms with van der Waals surface area (Å²) in [5, 5.41) is 7.73. The molecule has 1 heterocycles. The Bertz CT molecular complexity index is 811. The Hall–Kier alpha value is -2.70. The van der Waals surface area contributed by atoms with Crippen molar-refractivity contribution in [3.8, 4) is 0 Å². The van der Waals surface area contributed by atoms with Crippen LogP contribution in [0.3, 0.4) is 0 Å². The van der Waals surface area contributed by atoms with E-state index in [2.05, 4.69) is 10.4 Å². The second kappa shape index (κ2) is 7.72. The first-order chi connectivity index (χ1) is 11.4. The second-order valence-electron chi connectivity index (χ2n) is 5.71. The first kappa shape index (κ1) is 17.7. The molecule has 1 amide bonds. The van der Waals surface area contributed by atoms with Crippen molar-refractivity contribution in [1.82, 2.24) is 15.1 Å². The van der Waals surface area contributed by atoms with E-state index in [0.717, 1.165) is 0 Å². The lowest BCUT2D eigenvalue weighted by atomic mass is 10.1. The molecular formula is C17H21N3O4. The maximum atomic E-state index is 12.4. The Balaban J connectivity index is 2.24. The van der Waals surface area contributed by atoms with Crippen molar-refractivity contribution in [1.29, 1.82) is 0 Å². The Morgan fingerprint density at radius 3 is 2.54 bits per heavy atom. The molecule has 0 aliphatic carbocycles. The highest BCUT2D eigenvalue weighted by Crippen LogP contribution is 2.15. The summed E-state index contributed by atoms with van der Waals surface area (Å²) in [5.41, 5.74) is -0.110. The fourth-order valence-electron chi connectivity index (χ4n) is 2.28. The highest BCUT2D eigenvalue weighted by Gasteiger charge is 2.18. The summed E-state index contributed by atoms with van der Waals surface area (Å²) < 4.78 is 6.51. The molecule has 1 aromatic heterocycles. The Labute approximate surface area is 139 Å². The number of hydrogen-bond acceptors (Lipinski definition) is 5. The molecule has 2 aromatic rings. The van der Waals surface area contributed by atoms with Crippen LogP contribution in [0.2, 0.25) is 0 Å². The van der Waals surface area contributed by atoms with Crippen LogP contribution in [0.5, 0.6) is 0 Å². The van der Waals surface area contributed by atoms with E-state index in [1.165, 1.54) is 11.6 Å². The van der Waals surface area contributed by atoms with Gasteiger partial charge in [-0.1, -0.05) is 18.2 Å². The predicted octanol–water partition coefficient (Wildman–Crippen LogP) is 1.66. The maximum absolute atomic E-state index is 12.4. The molecule has 0 saturated heterocycles. The van der Waals surface area contributed by atoms with Gasteiger partial charge in [0.25, 0.3) is 5.56 Å². The van der Waals surface area contributed by atoms with Crippen molar-refractivity contribution < 1.29 is 14.3 Å². The summed E-state index contributed by atoms with van der Waals surface area (Å²) in [6, 6.07) is 6.68. The number of nitrogens with one attached hydrogen (secondary N) is 1. The SMILES string of the molecule is CC(=O)NCCCOC(=O)c1nn(C(C)C)c(=O)c2ccccc12. The molecule has 2 rings (SSSR count). The molecule has 1 N–H and O–H groups in total. The first-order valence-corrected chi connectivity index (χ1v) is 7.85. The quantitative estimate of drug-likeness (QED) is 0.642. The smallest absolute Gasteiger partial charge is 0.359 e. The lowest BCUT2D eigenvalue weighted by Gasteiger charge is -2.13. The van der Waals surface area contributed by atoms with E-state index in [4.69, 9.17) is 4.74 Å². The third-order valence-corrected chi connectivity index (χ3v) is 3.44. The minimum absolute atomic E-state index is 0.124. The van der Waals surface area contributed by atoms with Gasteiger partial charge in [0.15, 0.2) is 5.69 Å². The van der Waals surface area contributed by atoms with E-state index in [1.54, 1.807) is 24.3 Å². The number of hydrogen-bond donors (Lipinski definition) is 1. The van der Waals surface area contributed by atoms with Crippen LogP contribution in [0.4, 0.5) is 0 Å². The lowest BCUT2D eigenvalue weighted by Crippen LogP contribution is -2.28. The van der Waals surface area contributed by atoms with E-state index in [0.29, 0.717) is 23.7 Å². The molecule has 0 aliphatic heterocycles. The number of aromatic nitrogens is 2. The topological polar surface area (TPSA) is 90.3 Å². The molecule has 0 fully saturated rings. The number of benzene rings is 1. The maximum Gasteiger partial charge on any atom is 0.359 e. The number of amides is 1. The molecule has 7 heteroatoms. The Morgan fingerprint density at radius 1 is 1.25 bits per heavy atom. The molecule has 1 aromatic carbocycles. The van der Waals surface area contributed by atoms with Crippen LogP contribution in [0.25, 0.3) is 10.8 Å². The van der Waals surface area contributed by atoms with Gasteiger partial charge in [0.05, 0.1) is 18.0 Å². The molecule has 0 saturated carbocycles. The van der Waals surface area contributed by atoms with Gasteiger partial charge in [-0.25, -0.2) is 9.48 Å². The van der Waals surface area contributed by atoms with E-state index in [-0.39, 0.29) is 29.8 Å². The summed E-state index contributed by atoms with van der Waals surface area (Å²) in [6.07, 6.45) is 0.507. The van der Waals surface area contributed by atoms with E-state index >= 15 is 0 Å². The number of carbonyl (C=O) groups excluding carboxylic acids is 2. The van der Waals surface area contributed by atoms with Gasteiger partial charge in [0, 0.05) is 18.9 Å². The van der Waals surface area contributed by atoms with Crippen LogP contribution >= 0.6 is 0 Å². The van der Waals surface area contributed by atoms with Gasteiger partial charge >= 0.3 is 5.97 Å². The average molecular weight is 331 g/mol. The third kappa shape index (κ3) is 3.98. The zero-order valence-corrected chi connectivity index (χ0v) is 14.0. The zero-order chi connectivity index (χ0) is 17.7. The van der Waals surface area contributed by atoms with Crippen molar-refractivity contribution >= 4 is 22.6 Å². The van der Waals surface area contributed by atoms with Gasteiger partial charge in [-0.15, -0.1) is 0 Å². The van der Waals surface area contributed by atoms with E-state index < -0.39 is 5.97 Å². The molecule has 0 atom stereocenters. The average Bonchev–Trinajstić information content (AvgIpc) is 2.54. The van der Waals surface area contributed by atoms with Crippen LogP contribution in [0, 0.1) is 0 Å². The molecule has 0 aliphatic rings. The third-order valence-electron chi connectivity index (χ3n) is 3.44. The van der Waals surface area contributed by atoms with Crippen LogP contribution in [0.1, 0.15) is 43.7 Å². The highest BCUT2D eigenvalue weighted by atomic mass is 16.5. The minimum Gasteiger partial charge on any atom is -0.461 e. The Kier molecular flexibility index (Phi) is 5.68. The van der Waals surface area contributed by atoms with Gasteiger partial charge in [-0.3, -0.25) is 9.59 Å². The van der Waals surface area contributed by atoms with E-state index in [1.807, 2.05) is 13.8 Å². The molecule has 0 bridgehead atoms. The first-order valence-electron chi connectivity index (χ1n) is 7.85. The highest BCUT2D eigenvalue weighted by molar-refractivity contribution is 6.02. The predicted molar refractivity (Wildman–Crippen MR) is 90.0 cm³/mol. The largest absolute Gasteiger partial charge is 0.461 e. The monoisotopic (exact) mass is 331 g/mol. The number of esters is 1. The minimum atomic E-state index is -0.580. The summed E-state index contributed by atoms with van der Waals surface area (Å²) in [5.74, 6) is -0.707. The van der Waals surface area contributed by atoms with Gasteiger partial charge in [0.1, 0.15) is 0 Å². The van der Waals surface area contributed by atoms with Crippen LogP contribution < -0.4 is 10.9 Å². The van der Waals surface area contributed by atoms with E-state index in [9.17, 15) is 14.4 Å². The van der Waals surface area contributed by atoms with Crippen LogP contribution in [0.15, 0.2) is 29.1 Å². The summed E-state index contributed by atoms with van der Waals surface area (Å²) in [4.78, 5) is 35.6. The van der Waals surface area contributed by atoms with Crippen LogP contribution in [-0.2, 0) is 9.53 Å². The molecule has 0 spiro atoms. The number of fused-ring (bicyclic) bond motifs is 1. The molecule has 0 unspecified atom stereocenters. The number of nitrogens with zero attached hydrogens (tertiary/aromatic N) is 2. The lowest BCUT2D eigenvalue weighted by molar-refractivity contribution is -0.118. The molecule has 0 radical (unpaired) electrons. The van der Waals surface area contributed by atoms with Crippen molar-refractivity contribution in [2.75, 3.05) is 13.2 Å². The summed E-state index contributed by atoms with van der Waals surface area (Å²) >= 11 is 0. The van der Waals surface area contributed by atoms with Crippen LogP contribution in [-0.4, -0.2) is 34.8 Å². The van der Waals surface area contributed by atoms with Crippen molar-refractivity contribution in [3.63, 3.8) is 0 Å². The Morgan fingerprint density at radius 2 is 1.92 bits per heavy atom. The molecule has 7 nitrogen and oxygen atoms in total. The van der Waals surface area contributed by atoms with Crippen molar-refractivity contribution in [2.24, 2.45) is 0 Å². The van der Waals surface area contributed by atoms with Gasteiger partial charge in [-0.05, 0) is 26.3 Å². The number of carbonyl (C=O) groups is 2.